The van der Waals surface area contributed by atoms with E-state index in [1.54, 1.807) is 0 Å². The van der Waals surface area contributed by atoms with E-state index in [0.717, 1.165) is 19.6 Å². The van der Waals surface area contributed by atoms with Gasteiger partial charge in [-0.25, -0.2) is 0 Å². The van der Waals surface area contributed by atoms with Crippen LogP contribution in [0.5, 0.6) is 0 Å². The van der Waals surface area contributed by atoms with Crippen LogP contribution >= 0.6 is 12.4 Å². The minimum Gasteiger partial charge on any atom is -0.341 e. The van der Waals surface area contributed by atoms with Crippen molar-refractivity contribution >= 4 is 34.2 Å². The van der Waals surface area contributed by atoms with E-state index in [-0.39, 0.29) is 12.4 Å². The molecular formula is C20H27ClN2. The van der Waals surface area contributed by atoms with Crippen LogP contribution in [0.25, 0.3) is 21.8 Å². The van der Waals surface area contributed by atoms with E-state index in [1.165, 1.54) is 46.6 Å². The van der Waals surface area contributed by atoms with Crippen molar-refractivity contribution in [2.75, 3.05) is 6.54 Å². The molecular weight excluding hydrogens is 304 g/mol. The van der Waals surface area contributed by atoms with Gasteiger partial charge in [-0.05, 0) is 43.7 Å². The van der Waals surface area contributed by atoms with Gasteiger partial charge in [0.15, 0.2) is 0 Å². The van der Waals surface area contributed by atoms with E-state index in [9.17, 15) is 0 Å². The van der Waals surface area contributed by atoms with E-state index < -0.39 is 0 Å². The third-order valence-corrected chi connectivity index (χ3v) is 4.44. The first-order valence-corrected chi connectivity index (χ1v) is 8.55. The van der Waals surface area contributed by atoms with E-state index in [0.29, 0.717) is 0 Å². The second-order valence-corrected chi connectivity index (χ2v) is 6.00. The van der Waals surface area contributed by atoms with Gasteiger partial charge >= 0.3 is 0 Å². The largest absolute Gasteiger partial charge is 0.341 e. The Bertz CT molecular complexity index is 761. The van der Waals surface area contributed by atoms with Crippen molar-refractivity contribution in [2.24, 2.45) is 0 Å². The van der Waals surface area contributed by atoms with E-state index in [4.69, 9.17) is 0 Å². The second-order valence-electron chi connectivity index (χ2n) is 6.00. The van der Waals surface area contributed by atoms with Crippen LogP contribution in [0.2, 0.25) is 0 Å². The summed E-state index contributed by atoms with van der Waals surface area (Å²) in [5.41, 5.74) is 4.06. The molecule has 2 aromatic carbocycles. The molecule has 1 N–H and O–H groups in total. The van der Waals surface area contributed by atoms with Gasteiger partial charge in [-0.1, -0.05) is 44.0 Å². The molecule has 0 aliphatic carbocycles. The Morgan fingerprint density at radius 2 is 1.70 bits per heavy atom. The first-order chi connectivity index (χ1) is 10.8. The van der Waals surface area contributed by atoms with Crippen LogP contribution in [0.15, 0.2) is 42.5 Å². The van der Waals surface area contributed by atoms with Gasteiger partial charge < -0.3 is 9.88 Å². The normalized spacial score (nSPS) is 11.0. The molecule has 0 saturated carbocycles. The summed E-state index contributed by atoms with van der Waals surface area (Å²) in [6.45, 7) is 7.55. The van der Waals surface area contributed by atoms with Crippen LogP contribution in [0, 0.1) is 0 Å². The molecule has 1 heterocycles. The molecule has 1 aromatic heterocycles. The van der Waals surface area contributed by atoms with Gasteiger partial charge in [0.25, 0.3) is 0 Å². The number of para-hydroxylation sites is 1. The Hall–Kier alpha value is -1.51. The zero-order valence-electron chi connectivity index (χ0n) is 14.1. The number of rotatable bonds is 7. The molecule has 3 aromatic rings. The molecule has 0 aliphatic rings. The summed E-state index contributed by atoms with van der Waals surface area (Å²) in [5, 5.41) is 6.31. The highest BCUT2D eigenvalue weighted by atomic mass is 35.5. The molecule has 124 valence electrons. The zero-order chi connectivity index (χ0) is 15.4. The smallest absolute Gasteiger partial charge is 0.0491 e. The van der Waals surface area contributed by atoms with Crippen molar-refractivity contribution in [3.8, 4) is 0 Å². The topological polar surface area (TPSA) is 17.0 Å². The van der Waals surface area contributed by atoms with Crippen LogP contribution in [0.1, 0.15) is 38.7 Å². The van der Waals surface area contributed by atoms with Crippen molar-refractivity contribution in [3.63, 3.8) is 0 Å². The minimum atomic E-state index is 0. The molecule has 2 nitrogen and oxygen atoms in total. The summed E-state index contributed by atoms with van der Waals surface area (Å²) >= 11 is 0. The molecule has 0 saturated heterocycles. The highest BCUT2D eigenvalue weighted by Gasteiger charge is 2.09. The van der Waals surface area contributed by atoms with Crippen LogP contribution in [-0.4, -0.2) is 11.1 Å². The van der Waals surface area contributed by atoms with Crippen molar-refractivity contribution < 1.29 is 0 Å². The minimum absolute atomic E-state index is 0. The Labute approximate surface area is 145 Å². The number of aryl methyl sites for hydroxylation is 1. The number of nitrogens with one attached hydrogen (secondary N) is 1. The number of nitrogens with zero attached hydrogens (tertiary/aromatic N) is 1. The zero-order valence-corrected chi connectivity index (χ0v) is 15.0. The molecule has 0 radical (unpaired) electrons. The van der Waals surface area contributed by atoms with Gasteiger partial charge in [-0.2, -0.15) is 0 Å². The summed E-state index contributed by atoms with van der Waals surface area (Å²) < 4.78 is 2.41. The number of halogens is 1. The first kappa shape index (κ1) is 17.8. The van der Waals surface area contributed by atoms with E-state index in [2.05, 4.69) is 66.2 Å². The Kier molecular flexibility index (Phi) is 6.49. The highest BCUT2D eigenvalue weighted by Crippen LogP contribution is 2.29. The standard InChI is InChI=1S/C20H26N2.ClH/c1-3-5-8-13-21-15-16-11-12-20-18(14-16)17-9-6-7-10-19(17)22(20)4-2;/h6-7,9-12,14,21H,3-5,8,13,15H2,1-2H3;1H. The lowest BCUT2D eigenvalue weighted by atomic mass is 10.1. The summed E-state index contributed by atoms with van der Waals surface area (Å²) in [6.07, 6.45) is 3.87. The molecule has 0 amide bonds. The van der Waals surface area contributed by atoms with Crippen LogP contribution in [-0.2, 0) is 13.1 Å². The number of benzene rings is 2. The van der Waals surface area contributed by atoms with Gasteiger partial charge in [0, 0.05) is 34.9 Å². The summed E-state index contributed by atoms with van der Waals surface area (Å²) in [5.74, 6) is 0. The molecule has 0 aliphatic heterocycles. The van der Waals surface area contributed by atoms with Gasteiger partial charge in [0.2, 0.25) is 0 Å². The summed E-state index contributed by atoms with van der Waals surface area (Å²) in [7, 11) is 0. The molecule has 3 rings (SSSR count). The monoisotopic (exact) mass is 330 g/mol. The van der Waals surface area contributed by atoms with Crippen LogP contribution in [0.4, 0.5) is 0 Å². The lowest BCUT2D eigenvalue weighted by Crippen LogP contribution is -2.14. The molecule has 23 heavy (non-hydrogen) atoms. The third kappa shape index (κ3) is 3.70. The second kappa shape index (κ2) is 8.37. The predicted molar refractivity (Wildman–Crippen MR) is 104 cm³/mol. The number of unbranched alkanes of at least 4 members (excludes halogenated alkanes) is 2. The van der Waals surface area contributed by atoms with E-state index >= 15 is 0 Å². The van der Waals surface area contributed by atoms with Gasteiger partial charge in [-0.3, -0.25) is 0 Å². The maximum Gasteiger partial charge on any atom is 0.0491 e. The molecule has 0 spiro atoms. The summed E-state index contributed by atoms with van der Waals surface area (Å²) in [6, 6.07) is 15.6. The van der Waals surface area contributed by atoms with Crippen molar-refractivity contribution in [1.82, 2.24) is 9.88 Å². The maximum atomic E-state index is 3.56. The predicted octanol–water partition coefficient (Wildman–Crippen LogP) is 5.52. The SMILES string of the molecule is CCCCCNCc1ccc2c(c1)c1ccccc1n2CC.Cl. The van der Waals surface area contributed by atoms with Crippen molar-refractivity contribution in [3.05, 3.63) is 48.0 Å². The molecule has 0 bridgehead atoms. The highest BCUT2D eigenvalue weighted by molar-refractivity contribution is 6.08. The number of fused-ring (bicyclic) bond motifs is 3. The molecule has 3 heteroatoms. The molecule has 0 fully saturated rings. The molecule has 0 unspecified atom stereocenters. The lowest BCUT2D eigenvalue weighted by Gasteiger charge is -2.06. The van der Waals surface area contributed by atoms with Crippen LogP contribution < -0.4 is 5.32 Å². The fraction of sp³-hybridized carbons (Fsp3) is 0.400. The van der Waals surface area contributed by atoms with Crippen LogP contribution in [0.3, 0.4) is 0 Å². The fourth-order valence-electron chi connectivity index (χ4n) is 3.28. The van der Waals surface area contributed by atoms with Gasteiger partial charge in [0.05, 0.1) is 0 Å². The average Bonchev–Trinajstić information content (AvgIpc) is 2.88. The van der Waals surface area contributed by atoms with E-state index in [1.807, 2.05) is 0 Å². The first-order valence-electron chi connectivity index (χ1n) is 8.55. The fourth-order valence-corrected chi connectivity index (χ4v) is 3.28. The van der Waals surface area contributed by atoms with Gasteiger partial charge in [0.1, 0.15) is 0 Å². The van der Waals surface area contributed by atoms with Crippen molar-refractivity contribution in [1.29, 1.82) is 0 Å². The number of aromatic nitrogens is 1. The number of hydrogen-bond donors (Lipinski definition) is 1. The average molecular weight is 331 g/mol. The Balaban J connectivity index is 0.00000192. The third-order valence-electron chi connectivity index (χ3n) is 4.44. The quantitative estimate of drug-likeness (QED) is 0.565. The molecule has 0 atom stereocenters. The number of hydrogen-bond acceptors (Lipinski definition) is 1. The lowest BCUT2D eigenvalue weighted by molar-refractivity contribution is 0.617. The summed E-state index contributed by atoms with van der Waals surface area (Å²) in [4.78, 5) is 0. The maximum absolute atomic E-state index is 3.56. The Morgan fingerprint density at radius 3 is 2.48 bits per heavy atom. The van der Waals surface area contributed by atoms with Gasteiger partial charge in [-0.15, -0.1) is 12.4 Å². The Morgan fingerprint density at radius 1 is 0.913 bits per heavy atom. The van der Waals surface area contributed by atoms with Crippen molar-refractivity contribution in [2.45, 2.75) is 46.2 Å².